The fourth-order valence-electron chi connectivity index (χ4n) is 3.28. The minimum Gasteiger partial charge on any atom is -0.356 e. The first-order chi connectivity index (χ1) is 6.80. The summed E-state index contributed by atoms with van der Waals surface area (Å²) in [6, 6.07) is 0. The maximum Gasteiger partial charge on any atom is 0.114 e. The molecule has 14 heavy (non-hydrogen) atoms. The molecule has 2 unspecified atom stereocenters. The Morgan fingerprint density at radius 1 is 1.36 bits per heavy atom. The van der Waals surface area contributed by atoms with E-state index in [9.17, 15) is 0 Å². The molecule has 1 N–H and O–H groups in total. The molecule has 3 heteroatoms. The van der Waals surface area contributed by atoms with Crippen LogP contribution in [0.4, 0.5) is 0 Å². The van der Waals surface area contributed by atoms with Gasteiger partial charge in [0.2, 0.25) is 0 Å². The SMILES string of the molecule is CN1CCC2(CC1)OC1NCCCC12. The Kier molecular flexibility index (Phi) is 2.08. The molecule has 0 radical (unpaired) electrons. The Hall–Kier alpha value is -0.120. The van der Waals surface area contributed by atoms with Crippen molar-refractivity contribution in [2.75, 3.05) is 26.7 Å². The molecular formula is C11H20N2O. The van der Waals surface area contributed by atoms with E-state index in [0.29, 0.717) is 6.23 Å². The highest BCUT2D eigenvalue weighted by Gasteiger charge is 2.56. The molecular weight excluding hydrogens is 176 g/mol. The van der Waals surface area contributed by atoms with Gasteiger partial charge in [0, 0.05) is 19.0 Å². The molecule has 3 saturated heterocycles. The molecule has 0 bridgehead atoms. The van der Waals surface area contributed by atoms with Crippen LogP contribution in [0.25, 0.3) is 0 Å². The molecule has 3 nitrogen and oxygen atoms in total. The molecule has 0 aliphatic carbocycles. The number of nitrogens with zero attached hydrogens (tertiary/aromatic N) is 1. The van der Waals surface area contributed by atoms with Gasteiger partial charge in [-0.05, 0) is 39.3 Å². The maximum absolute atomic E-state index is 6.08. The molecule has 80 valence electrons. The Morgan fingerprint density at radius 3 is 2.86 bits per heavy atom. The number of hydrogen-bond donors (Lipinski definition) is 1. The van der Waals surface area contributed by atoms with Crippen molar-refractivity contribution in [3.05, 3.63) is 0 Å². The van der Waals surface area contributed by atoms with E-state index in [1.807, 2.05) is 0 Å². The summed E-state index contributed by atoms with van der Waals surface area (Å²) in [5, 5.41) is 3.47. The Labute approximate surface area is 85.8 Å². The van der Waals surface area contributed by atoms with Gasteiger partial charge in [-0.3, -0.25) is 5.32 Å². The largest absolute Gasteiger partial charge is 0.356 e. The van der Waals surface area contributed by atoms with Crippen LogP contribution >= 0.6 is 0 Å². The average molecular weight is 196 g/mol. The lowest BCUT2D eigenvalue weighted by molar-refractivity contribution is -0.295. The van der Waals surface area contributed by atoms with E-state index < -0.39 is 0 Å². The van der Waals surface area contributed by atoms with Crippen LogP contribution in [0, 0.1) is 5.92 Å². The van der Waals surface area contributed by atoms with E-state index in [2.05, 4.69) is 17.3 Å². The first kappa shape index (κ1) is 9.13. The second kappa shape index (κ2) is 3.19. The van der Waals surface area contributed by atoms with Crippen molar-refractivity contribution in [3.8, 4) is 0 Å². The van der Waals surface area contributed by atoms with Gasteiger partial charge in [-0.1, -0.05) is 0 Å². The third kappa shape index (κ3) is 1.23. The summed E-state index contributed by atoms with van der Waals surface area (Å²) in [5.74, 6) is 0.810. The highest BCUT2D eigenvalue weighted by Crippen LogP contribution is 2.48. The molecule has 3 aliphatic rings. The van der Waals surface area contributed by atoms with Gasteiger partial charge in [-0.2, -0.15) is 0 Å². The minimum atomic E-state index is 0.268. The van der Waals surface area contributed by atoms with Gasteiger partial charge >= 0.3 is 0 Å². The Balaban J connectivity index is 1.68. The Morgan fingerprint density at radius 2 is 2.14 bits per heavy atom. The molecule has 1 spiro atoms. The Bertz CT molecular complexity index is 218. The normalized spacial score (nSPS) is 41.8. The van der Waals surface area contributed by atoms with Crippen LogP contribution in [0.2, 0.25) is 0 Å². The van der Waals surface area contributed by atoms with E-state index in [1.165, 1.54) is 38.8 Å². The smallest absolute Gasteiger partial charge is 0.114 e. The molecule has 0 aromatic heterocycles. The lowest BCUT2D eigenvalue weighted by Crippen LogP contribution is -2.69. The molecule has 3 aliphatic heterocycles. The molecule has 3 rings (SSSR count). The fourth-order valence-corrected chi connectivity index (χ4v) is 3.28. The number of fused-ring (bicyclic) bond motifs is 2. The zero-order valence-electron chi connectivity index (χ0n) is 8.96. The van der Waals surface area contributed by atoms with E-state index in [0.717, 1.165) is 12.5 Å². The summed E-state index contributed by atoms with van der Waals surface area (Å²) in [5.41, 5.74) is 0.268. The van der Waals surface area contributed by atoms with Crippen molar-refractivity contribution in [2.45, 2.75) is 37.5 Å². The van der Waals surface area contributed by atoms with Crippen LogP contribution < -0.4 is 5.32 Å². The third-order valence-electron chi connectivity index (χ3n) is 4.27. The monoisotopic (exact) mass is 196 g/mol. The topological polar surface area (TPSA) is 24.5 Å². The molecule has 3 heterocycles. The van der Waals surface area contributed by atoms with Crippen molar-refractivity contribution in [1.82, 2.24) is 10.2 Å². The van der Waals surface area contributed by atoms with E-state index in [4.69, 9.17) is 4.74 Å². The number of nitrogens with one attached hydrogen (secondary N) is 1. The van der Waals surface area contributed by atoms with Crippen molar-refractivity contribution in [2.24, 2.45) is 5.92 Å². The van der Waals surface area contributed by atoms with Crippen LogP contribution in [-0.2, 0) is 4.74 Å². The number of ether oxygens (including phenoxy) is 1. The van der Waals surface area contributed by atoms with Crippen molar-refractivity contribution >= 4 is 0 Å². The highest BCUT2D eigenvalue weighted by atomic mass is 16.6. The van der Waals surface area contributed by atoms with Gasteiger partial charge in [0.15, 0.2) is 0 Å². The maximum atomic E-state index is 6.08. The van der Waals surface area contributed by atoms with Crippen LogP contribution in [0.1, 0.15) is 25.7 Å². The summed E-state index contributed by atoms with van der Waals surface area (Å²) < 4.78 is 6.08. The predicted molar refractivity (Wildman–Crippen MR) is 55.1 cm³/mol. The zero-order valence-corrected chi connectivity index (χ0v) is 8.96. The summed E-state index contributed by atoms with van der Waals surface area (Å²) in [4.78, 5) is 2.41. The first-order valence-electron chi connectivity index (χ1n) is 5.90. The molecule has 0 amide bonds. The average Bonchev–Trinajstić information content (AvgIpc) is 2.19. The second-order valence-electron chi connectivity index (χ2n) is 5.11. The van der Waals surface area contributed by atoms with Crippen LogP contribution in [0.5, 0.6) is 0 Å². The summed E-state index contributed by atoms with van der Waals surface area (Å²) in [6.45, 7) is 3.57. The molecule has 3 fully saturated rings. The third-order valence-corrected chi connectivity index (χ3v) is 4.27. The van der Waals surface area contributed by atoms with Gasteiger partial charge in [-0.25, -0.2) is 0 Å². The lowest BCUT2D eigenvalue weighted by Gasteiger charge is -2.59. The summed E-state index contributed by atoms with van der Waals surface area (Å²) in [6.07, 6.45) is 5.59. The second-order valence-corrected chi connectivity index (χ2v) is 5.11. The van der Waals surface area contributed by atoms with E-state index in [-0.39, 0.29) is 5.60 Å². The van der Waals surface area contributed by atoms with Crippen LogP contribution in [0.3, 0.4) is 0 Å². The van der Waals surface area contributed by atoms with Crippen molar-refractivity contribution < 1.29 is 4.74 Å². The van der Waals surface area contributed by atoms with E-state index >= 15 is 0 Å². The molecule has 0 aromatic carbocycles. The predicted octanol–water partition coefficient (Wildman–Crippen LogP) is 0.807. The quantitative estimate of drug-likeness (QED) is 0.620. The molecule has 0 aromatic rings. The first-order valence-corrected chi connectivity index (χ1v) is 5.90. The number of rotatable bonds is 0. The zero-order chi connectivity index (χ0) is 9.60. The van der Waals surface area contributed by atoms with Gasteiger partial charge in [0.05, 0.1) is 5.60 Å². The van der Waals surface area contributed by atoms with Crippen LogP contribution in [-0.4, -0.2) is 43.4 Å². The lowest BCUT2D eigenvalue weighted by atomic mass is 9.70. The molecule has 2 atom stereocenters. The number of hydrogen-bond acceptors (Lipinski definition) is 3. The van der Waals surface area contributed by atoms with Gasteiger partial charge in [0.25, 0.3) is 0 Å². The van der Waals surface area contributed by atoms with Crippen LogP contribution in [0.15, 0.2) is 0 Å². The summed E-state index contributed by atoms with van der Waals surface area (Å²) >= 11 is 0. The number of piperidine rings is 2. The fraction of sp³-hybridized carbons (Fsp3) is 1.00. The van der Waals surface area contributed by atoms with Crippen molar-refractivity contribution in [1.29, 1.82) is 0 Å². The van der Waals surface area contributed by atoms with Gasteiger partial charge < -0.3 is 9.64 Å². The highest BCUT2D eigenvalue weighted by molar-refractivity contribution is 5.04. The minimum absolute atomic E-state index is 0.268. The standard InChI is InChI=1S/C11H20N2O/c1-13-7-4-11(5-8-13)9-3-2-6-12-10(9)14-11/h9-10,12H,2-8H2,1H3. The van der Waals surface area contributed by atoms with Gasteiger partial charge in [0.1, 0.15) is 6.23 Å². The van der Waals surface area contributed by atoms with Gasteiger partial charge in [-0.15, -0.1) is 0 Å². The summed E-state index contributed by atoms with van der Waals surface area (Å²) in [7, 11) is 2.21. The number of likely N-dealkylation sites (tertiary alicyclic amines) is 1. The van der Waals surface area contributed by atoms with E-state index in [1.54, 1.807) is 0 Å². The molecule has 0 saturated carbocycles. The van der Waals surface area contributed by atoms with Crippen molar-refractivity contribution in [3.63, 3.8) is 0 Å².